The molecule has 0 bridgehead atoms. The zero-order chi connectivity index (χ0) is 13.8. The van der Waals surface area contributed by atoms with Crippen LogP contribution in [0.25, 0.3) is 0 Å². The normalized spacial score (nSPS) is 17.2. The molecule has 1 saturated heterocycles. The van der Waals surface area contributed by atoms with Gasteiger partial charge in [-0.25, -0.2) is 0 Å². The van der Waals surface area contributed by atoms with Gasteiger partial charge in [0.05, 0.1) is 7.11 Å². The minimum absolute atomic E-state index is 0.0401. The first-order chi connectivity index (χ1) is 9.10. The quantitative estimate of drug-likeness (QED) is 0.862. The summed E-state index contributed by atoms with van der Waals surface area (Å²) in [5.41, 5.74) is 0.508. The highest BCUT2D eigenvalue weighted by Crippen LogP contribution is 2.26. The Kier molecular flexibility index (Phi) is 4.27. The van der Waals surface area contributed by atoms with Crippen LogP contribution in [0.4, 0.5) is 0 Å². The van der Waals surface area contributed by atoms with Crippen LogP contribution in [-0.4, -0.2) is 49.2 Å². The lowest BCUT2D eigenvalue weighted by atomic mass is 10.0. The number of nitrogens with one attached hydrogen (secondary N) is 1. The Morgan fingerprint density at radius 1 is 1.42 bits per heavy atom. The predicted molar refractivity (Wildman–Crippen MR) is 72.6 cm³/mol. The number of rotatable bonds is 3. The number of amides is 1. The Labute approximate surface area is 113 Å². The molecule has 0 unspecified atom stereocenters. The van der Waals surface area contributed by atoms with E-state index in [4.69, 9.17) is 4.74 Å². The molecule has 5 heteroatoms. The Balaban J connectivity index is 2.00. The molecule has 1 aliphatic heterocycles. The first-order valence-corrected chi connectivity index (χ1v) is 6.46. The van der Waals surface area contributed by atoms with Crippen molar-refractivity contribution >= 4 is 5.91 Å². The maximum Gasteiger partial charge on any atom is 0.251 e. The maximum atomic E-state index is 12.1. The van der Waals surface area contributed by atoms with E-state index in [1.165, 1.54) is 13.2 Å². The van der Waals surface area contributed by atoms with Crippen LogP contribution in [0, 0.1) is 0 Å². The summed E-state index contributed by atoms with van der Waals surface area (Å²) < 4.78 is 5.00. The second-order valence-electron chi connectivity index (χ2n) is 4.94. The van der Waals surface area contributed by atoms with Crippen LogP contribution >= 0.6 is 0 Å². The fourth-order valence-corrected chi connectivity index (χ4v) is 2.24. The second kappa shape index (κ2) is 5.93. The summed E-state index contributed by atoms with van der Waals surface area (Å²) in [6.07, 6.45) is 1.94. The van der Waals surface area contributed by atoms with Gasteiger partial charge in [-0.3, -0.25) is 4.79 Å². The molecule has 0 aromatic heterocycles. The van der Waals surface area contributed by atoms with Crippen LogP contribution in [-0.2, 0) is 0 Å². The molecule has 2 N–H and O–H groups in total. The summed E-state index contributed by atoms with van der Waals surface area (Å²) in [5.74, 6) is 0.238. The minimum atomic E-state index is -0.118. The van der Waals surface area contributed by atoms with Gasteiger partial charge in [-0.2, -0.15) is 0 Å². The number of piperidine rings is 1. The van der Waals surface area contributed by atoms with Crippen LogP contribution in [0.3, 0.4) is 0 Å². The van der Waals surface area contributed by atoms with Crippen molar-refractivity contribution in [1.82, 2.24) is 10.2 Å². The first-order valence-electron chi connectivity index (χ1n) is 6.46. The first kappa shape index (κ1) is 13.7. The van der Waals surface area contributed by atoms with E-state index in [0.717, 1.165) is 25.9 Å². The molecular formula is C14H20N2O3. The zero-order valence-electron chi connectivity index (χ0n) is 11.3. The van der Waals surface area contributed by atoms with Crippen LogP contribution in [0.1, 0.15) is 23.2 Å². The van der Waals surface area contributed by atoms with Gasteiger partial charge < -0.3 is 20.1 Å². The molecule has 1 aliphatic rings. The van der Waals surface area contributed by atoms with Crippen LogP contribution in [0.5, 0.6) is 11.5 Å². The van der Waals surface area contributed by atoms with Gasteiger partial charge in [-0.15, -0.1) is 0 Å². The van der Waals surface area contributed by atoms with E-state index in [2.05, 4.69) is 17.3 Å². The Morgan fingerprint density at radius 3 is 2.74 bits per heavy atom. The number of phenols is 1. The van der Waals surface area contributed by atoms with E-state index >= 15 is 0 Å². The monoisotopic (exact) mass is 264 g/mol. The van der Waals surface area contributed by atoms with Crippen molar-refractivity contribution in [2.45, 2.75) is 18.9 Å². The lowest BCUT2D eigenvalue weighted by molar-refractivity contribution is 0.0916. The van der Waals surface area contributed by atoms with Gasteiger partial charge in [0, 0.05) is 11.6 Å². The van der Waals surface area contributed by atoms with Gasteiger partial charge in [0.25, 0.3) is 5.91 Å². The standard InChI is InChI=1S/C14H20N2O3/c1-16-7-5-11(6-8-16)15-14(18)10-3-4-12(17)13(9-10)19-2/h3-4,9,11,17H,5-8H2,1-2H3,(H,15,18). The zero-order valence-corrected chi connectivity index (χ0v) is 11.3. The number of ether oxygens (including phenoxy) is 1. The molecule has 1 aromatic carbocycles. The summed E-state index contributed by atoms with van der Waals surface area (Å²) in [5, 5.41) is 12.5. The number of likely N-dealkylation sites (tertiary alicyclic amines) is 1. The average molecular weight is 264 g/mol. The Hall–Kier alpha value is -1.75. The largest absolute Gasteiger partial charge is 0.504 e. The number of benzene rings is 1. The number of phenolic OH excluding ortho intramolecular Hbond substituents is 1. The van der Waals surface area contributed by atoms with E-state index < -0.39 is 0 Å². The Morgan fingerprint density at radius 2 is 2.11 bits per heavy atom. The van der Waals surface area contributed by atoms with E-state index in [0.29, 0.717) is 11.3 Å². The Bertz CT molecular complexity index is 454. The van der Waals surface area contributed by atoms with E-state index in [-0.39, 0.29) is 17.7 Å². The van der Waals surface area contributed by atoms with Gasteiger partial charge in [-0.05, 0) is 51.2 Å². The SMILES string of the molecule is COc1cc(C(=O)NC2CCN(C)CC2)ccc1O. The fraction of sp³-hybridized carbons (Fsp3) is 0.500. The lowest BCUT2D eigenvalue weighted by Gasteiger charge is -2.29. The van der Waals surface area contributed by atoms with E-state index in [1.807, 2.05) is 0 Å². The summed E-state index contributed by atoms with van der Waals surface area (Å²) in [6, 6.07) is 4.85. The fourth-order valence-electron chi connectivity index (χ4n) is 2.24. The molecule has 1 heterocycles. The molecule has 0 saturated carbocycles. The van der Waals surface area contributed by atoms with Crippen molar-refractivity contribution in [2.24, 2.45) is 0 Å². The molecule has 104 valence electrons. The van der Waals surface area contributed by atoms with E-state index in [9.17, 15) is 9.90 Å². The number of hydrogen-bond acceptors (Lipinski definition) is 4. The molecule has 1 amide bonds. The summed E-state index contributed by atoms with van der Waals surface area (Å²) in [6.45, 7) is 2.01. The molecule has 5 nitrogen and oxygen atoms in total. The third-order valence-corrected chi connectivity index (χ3v) is 3.50. The minimum Gasteiger partial charge on any atom is -0.504 e. The molecule has 0 atom stereocenters. The van der Waals surface area contributed by atoms with Gasteiger partial charge in [0.2, 0.25) is 0 Å². The van der Waals surface area contributed by atoms with Crippen molar-refractivity contribution in [3.8, 4) is 11.5 Å². The molecule has 0 spiro atoms. The van der Waals surface area contributed by atoms with Crippen LogP contribution in [0.2, 0.25) is 0 Å². The van der Waals surface area contributed by atoms with Crippen LogP contribution in [0.15, 0.2) is 18.2 Å². The van der Waals surface area contributed by atoms with Gasteiger partial charge in [-0.1, -0.05) is 0 Å². The van der Waals surface area contributed by atoms with E-state index in [1.54, 1.807) is 12.1 Å². The van der Waals surface area contributed by atoms with Crippen molar-refractivity contribution in [3.05, 3.63) is 23.8 Å². The topological polar surface area (TPSA) is 61.8 Å². The molecule has 1 fully saturated rings. The molecule has 0 aliphatic carbocycles. The van der Waals surface area contributed by atoms with Crippen molar-refractivity contribution in [3.63, 3.8) is 0 Å². The molecule has 1 aromatic rings. The number of nitrogens with zero attached hydrogens (tertiary/aromatic N) is 1. The van der Waals surface area contributed by atoms with Gasteiger partial charge in [0.15, 0.2) is 11.5 Å². The van der Waals surface area contributed by atoms with Crippen molar-refractivity contribution < 1.29 is 14.6 Å². The second-order valence-corrected chi connectivity index (χ2v) is 4.94. The van der Waals surface area contributed by atoms with Gasteiger partial charge >= 0.3 is 0 Å². The molecule has 2 rings (SSSR count). The van der Waals surface area contributed by atoms with Crippen molar-refractivity contribution in [1.29, 1.82) is 0 Å². The predicted octanol–water partition coefficient (Wildman–Crippen LogP) is 1.22. The van der Waals surface area contributed by atoms with Crippen molar-refractivity contribution in [2.75, 3.05) is 27.2 Å². The number of aromatic hydroxyl groups is 1. The van der Waals surface area contributed by atoms with Crippen LogP contribution < -0.4 is 10.1 Å². The number of carbonyl (C=O) groups is 1. The smallest absolute Gasteiger partial charge is 0.251 e. The molecular weight excluding hydrogens is 244 g/mol. The maximum absolute atomic E-state index is 12.1. The number of methoxy groups -OCH3 is 1. The summed E-state index contributed by atoms with van der Waals surface area (Å²) in [4.78, 5) is 14.4. The third-order valence-electron chi connectivity index (χ3n) is 3.50. The number of hydrogen-bond donors (Lipinski definition) is 2. The highest BCUT2D eigenvalue weighted by molar-refractivity contribution is 5.95. The van der Waals surface area contributed by atoms with Gasteiger partial charge in [0.1, 0.15) is 0 Å². The average Bonchev–Trinajstić information content (AvgIpc) is 2.42. The summed E-state index contributed by atoms with van der Waals surface area (Å²) in [7, 11) is 3.55. The number of carbonyl (C=O) groups excluding carboxylic acids is 1. The molecule has 0 radical (unpaired) electrons. The highest BCUT2D eigenvalue weighted by Gasteiger charge is 2.19. The summed E-state index contributed by atoms with van der Waals surface area (Å²) >= 11 is 0. The lowest BCUT2D eigenvalue weighted by Crippen LogP contribution is -2.43. The molecule has 19 heavy (non-hydrogen) atoms. The third kappa shape index (κ3) is 3.38. The highest BCUT2D eigenvalue weighted by atomic mass is 16.5.